The lowest BCUT2D eigenvalue weighted by Crippen LogP contribution is -2.47. The molecule has 2 rings (SSSR count). The van der Waals surface area contributed by atoms with Gasteiger partial charge in [-0.2, -0.15) is 0 Å². The number of nitrogens with zero attached hydrogens (tertiary/aromatic N) is 1. The van der Waals surface area contributed by atoms with Gasteiger partial charge in [-0.3, -0.25) is 9.59 Å². The van der Waals surface area contributed by atoms with Crippen molar-refractivity contribution in [2.45, 2.75) is 51.9 Å². The molecule has 0 bridgehead atoms. The van der Waals surface area contributed by atoms with Gasteiger partial charge in [-0.25, -0.2) is 4.98 Å². The predicted octanol–water partition coefficient (Wildman–Crippen LogP) is 3.83. The van der Waals surface area contributed by atoms with Gasteiger partial charge in [0.1, 0.15) is 18.0 Å². The van der Waals surface area contributed by atoms with Gasteiger partial charge in [-0.05, 0) is 25.5 Å². The summed E-state index contributed by atoms with van der Waals surface area (Å²) in [4.78, 5) is 29.5. The van der Waals surface area contributed by atoms with E-state index in [4.69, 9.17) is 23.7 Å². The maximum absolute atomic E-state index is 12.9. The summed E-state index contributed by atoms with van der Waals surface area (Å²) in [5.41, 5.74) is -0.157. The number of esters is 1. The van der Waals surface area contributed by atoms with Crippen molar-refractivity contribution in [1.82, 2.24) is 4.98 Å². The quantitative estimate of drug-likeness (QED) is 0.294. The van der Waals surface area contributed by atoms with Crippen LogP contribution in [0, 0.1) is 5.92 Å². The van der Waals surface area contributed by atoms with E-state index in [0.717, 1.165) is 6.42 Å². The van der Waals surface area contributed by atoms with Crippen LogP contribution >= 0.6 is 0 Å². The molecule has 0 aliphatic heterocycles. The Morgan fingerprint density at radius 3 is 2.43 bits per heavy atom. The van der Waals surface area contributed by atoms with Crippen LogP contribution in [0.25, 0.3) is 0 Å². The van der Waals surface area contributed by atoms with Crippen molar-refractivity contribution in [2.75, 3.05) is 27.4 Å². The number of aromatic nitrogens is 1. The Morgan fingerprint density at radius 2 is 1.80 bits per heavy atom. The lowest BCUT2D eigenvalue weighted by atomic mass is 10.0. The number of ketones is 1. The first-order chi connectivity index (χ1) is 16.8. The van der Waals surface area contributed by atoms with Gasteiger partial charge in [-0.15, -0.1) is 0 Å². The van der Waals surface area contributed by atoms with Crippen molar-refractivity contribution in [2.24, 2.45) is 5.92 Å². The number of Topliss-reactive ketones (excluding diaryl/α,β-unsaturated/α-hetero) is 1. The third kappa shape index (κ3) is 8.22. The summed E-state index contributed by atoms with van der Waals surface area (Å²) in [6.07, 6.45) is 0.112. The Hall–Kier alpha value is -3.17. The predicted molar refractivity (Wildman–Crippen MR) is 129 cm³/mol. The SMILES string of the molecule is CCCO[C@@H](COC)[C@@H](Oc1ccccc1)[C@H](C)OC(=O)[C@H](C)CC(=O)c1nccc(OC)c1O. The largest absolute Gasteiger partial charge is 0.503 e. The Morgan fingerprint density at radius 1 is 1.09 bits per heavy atom. The molecule has 2 aromatic rings. The zero-order valence-electron chi connectivity index (χ0n) is 20.9. The number of aromatic hydroxyl groups is 1. The molecule has 0 unspecified atom stereocenters. The van der Waals surface area contributed by atoms with Crippen molar-refractivity contribution in [3.63, 3.8) is 0 Å². The van der Waals surface area contributed by atoms with Crippen LogP contribution in [-0.2, 0) is 19.0 Å². The molecular weight excluding hydrogens is 454 g/mol. The van der Waals surface area contributed by atoms with E-state index in [0.29, 0.717) is 12.4 Å². The first-order valence-electron chi connectivity index (χ1n) is 11.6. The van der Waals surface area contributed by atoms with E-state index in [1.165, 1.54) is 19.4 Å². The number of rotatable bonds is 15. The van der Waals surface area contributed by atoms with Crippen LogP contribution in [0.5, 0.6) is 17.2 Å². The molecule has 0 saturated carbocycles. The summed E-state index contributed by atoms with van der Waals surface area (Å²) >= 11 is 0. The summed E-state index contributed by atoms with van der Waals surface area (Å²) in [5.74, 6) is -1.50. The lowest BCUT2D eigenvalue weighted by Gasteiger charge is -2.32. The van der Waals surface area contributed by atoms with Crippen LogP contribution in [0.1, 0.15) is 44.1 Å². The highest BCUT2D eigenvalue weighted by Crippen LogP contribution is 2.29. The second kappa shape index (κ2) is 14.3. The van der Waals surface area contributed by atoms with E-state index < -0.39 is 36.0 Å². The molecule has 192 valence electrons. The molecule has 0 aliphatic rings. The van der Waals surface area contributed by atoms with Gasteiger partial charge >= 0.3 is 5.97 Å². The topological polar surface area (TPSA) is 113 Å². The molecule has 1 N–H and O–H groups in total. The van der Waals surface area contributed by atoms with Crippen LogP contribution < -0.4 is 9.47 Å². The molecule has 35 heavy (non-hydrogen) atoms. The number of carbonyl (C=O) groups excluding carboxylic acids is 2. The number of pyridine rings is 1. The Bertz CT molecular complexity index is 936. The molecular formula is C26H35NO8. The minimum Gasteiger partial charge on any atom is -0.503 e. The minimum absolute atomic E-state index is 0.129. The maximum Gasteiger partial charge on any atom is 0.309 e. The van der Waals surface area contributed by atoms with Crippen molar-refractivity contribution >= 4 is 11.8 Å². The van der Waals surface area contributed by atoms with Gasteiger partial charge in [0.15, 0.2) is 29.1 Å². The molecule has 0 aliphatic carbocycles. The van der Waals surface area contributed by atoms with Gasteiger partial charge in [0.05, 0.1) is 19.6 Å². The zero-order chi connectivity index (χ0) is 25.8. The van der Waals surface area contributed by atoms with E-state index in [2.05, 4.69) is 4.98 Å². The van der Waals surface area contributed by atoms with Gasteiger partial charge < -0.3 is 28.8 Å². The third-order valence-corrected chi connectivity index (χ3v) is 5.28. The average Bonchev–Trinajstić information content (AvgIpc) is 2.85. The monoisotopic (exact) mass is 489 g/mol. The number of hydrogen-bond donors (Lipinski definition) is 1. The van der Waals surface area contributed by atoms with Crippen LogP contribution in [0.2, 0.25) is 0 Å². The smallest absolute Gasteiger partial charge is 0.309 e. The summed E-state index contributed by atoms with van der Waals surface area (Å²) in [5, 5.41) is 10.2. The van der Waals surface area contributed by atoms with Gasteiger partial charge in [0.2, 0.25) is 0 Å². The summed E-state index contributed by atoms with van der Waals surface area (Å²) in [6, 6.07) is 10.6. The molecule has 9 nitrogen and oxygen atoms in total. The highest BCUT2D eigenvalue weighted by Gasteiger charge is 2.34. The molecule has 1 heterocycles. The van der Waals surface area contributed by atoms with Crippen LogP contribution in [-0.4, -0.2) is 67.6 Å². The fraction of sp³-hybridized carbons (Fsp3) is 0.500. The average molecular weight is 490 g/mol. The summed E-state index contributed by atoms with van der Waals surface area (Å²) in [6.45, 7) is 6.03. The summed E-state index contributed by atoms with van der Waals surface area (Å²) < 4.78 is 28.1. The Labute approximate surface area is 206 Å². The van der Waals surface area contributed by atoms with E-state index in [-0.39, 0.29) is 30.2 Å². The van der Waals surface area contributed by atoms with Crippen LogP contribution in [0.15, 0.2) is 42.6 Å². The fourth-order valence-electron chi connectivity index (χ4n) is 3.43. The molecule has 1 aromatic carbocycles. The zero-order valence-corrected chi connectivity index (χ0v) is 20.9. The number of hydrogen-bond acceptors (Lipinski definition) is 9. The Balaban J connectivity index is 2.12. The lowest BCUT2D eigenvalue weighted by molar-refractivity contribution is -0.164. The number of ether oxygens (including phenoxy) is 5. The van der Waals surface area contributed by atoms with Crippen LogP contribution in [0.4, 0.5) is 0 Å². The van der Waals surface area contributed by atoms with Crippen molar-refractivity contribution in [1.29, 1.82) is 0 Å². The normalized spacial score (nSPS) is 14.4. The first-order valence-corrected chi connectivity index (χ1v) is 11.6. The van der Waals surface area contributed by atoms with Gasteiger partial charge in [0, 0.05) is 32.4 Å². The number of benzene rings is 1. The molecule has 1 aromatic heterocycles. The first kappa shape index (κ1) is 28.1. The molecule has 0 amide bonds. The Kier molecular flexibility index (Phi) is 11.5. The number of para-hydroxylation sites is 1. The molecule has 0 radical (unpaired) electrons. The van der Waals surface area contributed by atoms with Gasteiger partial charge in [0.25, 0.3) is 0 Å². The number of methoxy groups -OCH3 is 2. The fourth-order valence-corrected chi connectivity index (χ4v) is 3.43. The maximum atomic E-state index is 12.9. The molecule has 0 fully saturated rings. The van der Waals surface area contributed by atoms with Crippen molar-refractivity contribution < 1.29 is 38.4 Å². The van der Waals surface area contributed by atoms with Gasteiger partial charge in [-0.1, -0.05) is 32.0 Å². The van der Waals surface area contributed by atoms with Crippen molar-refractivity contribution in [3.05, 3.63) is 48.3 Å². The van der Waals surface area contributed by atoms with E-state index in [9.17, 15) is 14.7 Å². The van der Waals surface area contributed by atoms with E-state index in [1.807, 2.05) is 25.1 Å². The van der Waals surface area contributed by atoms with E-state index >= 15 is 0 Å². The minimum atomic E-state index is -0.785. The molecule has 4 atom stereocenters. The number of carbonyl (C=O) groups is 2. The van der Waals surface area contributed by atoms with E-state index in [1.54, 1.807) is 33.1 Å². The van der Waals surface area contributed by atoms with Crippen LogP contribution in [0.3, 0.4) is 0 Å². The van der Waals surface area contributed by atoms with Crippen molar-refractivity contribution in [3.8, 4) is 17.2 Å². The standard InChI is InChI=1S/C26H35NO8/c1-6-14-33-22(16-31-4)25(35-19-10-8-7-9-11-19)18(3)34-26(30)17(2)15-20(28)23-24(29)21(32-5)12-13-27-23/h7-13,17-18,22,25,29H,6,14-16H2,1-5H3/t17-,18+,22+,25+/m1/s1. The third-order valence-electron chi connectivity index (χ3n) is 5.28. The second-order valence-electron chi connectivity index (χ2n) is 8.14. The highest BCUT2D eigenvalue weighted by molar-refractivity contribution is 5.99. The molecule has 0 saturated heterocycles. The molecule has 0 spiro atoms. The second-order valence-corrected chi connectivity index (χ2v) is 8.14. The highest BCUT2D eigenvalue weighted by atomic mass is 16.6. The molecule has 9 heteroatoms. The summed E-state index contributed by atoms with van der Waals surface area (Å²) in [7, 11) is 2.94.